The fourth-order valence-electron chi connectivity index (χ4n) is 3.03. The minimum atomic E-state index is 0.0656. The van der Waals surface area contributed by atoms with Crippen molar-refractivity contribution in [3.05, 3.63) is 59.5 Å². The minimum absolute atomic E-state index is 0.0656. The van der Waals surface area contributed by atoms with Crippen LogP contribution >= 0.6 is 11.3 Å². The monoisotopic (exact) mass is 365 g/mol. The van der Waals surface area contributed by atoms with E-state index in [0.29, 0.717) is 13.1 Å². The van der Waals surface area contributed by atoms with Gasteiger partial charge in [-0.15, -0.1) is 11.3 Å². The number of hydrogen-bond acceptors (Lipinski definition) is 6. The van der Waals surface area contributed by atoms with Crippen LogP contribution in [0.15, 0.2) is 48.9 Å². The molecule has 6 nitrogen and oxygen atoms in total. The van der Waals surface area contributed by atoms with Crippen LogP contribution in [0.25, 0.3) is 10.6 Å². The predicted octanol–water partition coefficient (Wildman–Crippen LogP) is 2.87. The summed E-state index contributed by atoms with van der Waals surface area (Å²) in [5.41, 5.74) is 1.73. The summed E-state index contributed by atoms with van der Waals surface area (Å²) in [6.45, 7) is 4.85. The average molecular weight is 365 g/mol. The van der Waals surface area contributed by atoms with Crippen LogP contribution in [0.3, 0.4) is 0 Å². The maximum Gasteiger partial charge on any atom is 0.265 e. The highest BCUT2D eigenvalue weighted by molar-refractivity contribution is 7.17. The van der Waals surface area contributed by atoms with Gasteiger partial charge < -0.3 is 9.80 Å². The zero-order valence-electron chi connectivity index (χ0n) is 14.5. The number of anilines is 1. The molecule has 0 aliphatic carbocycles. The molecule has 3 aromatic rings. The molecule has 4 heterocycles. The highest BCUT2D eigenvalue weighted by Crippen LogP contribution is 2.28. The third-order valence-corrected chi connectivity index (χ3v) is 5.63. The Balaban J connectivity index is 1.47. The van der Waals surface area contributed by atoms with Crippen LogP contribution in [0.1, 0.15) is 15.4 Å². The Bertz CT molecular complexity index is 889. The molecule has 7 heteroatoms. The molecule has 4 rings (SSSR count). The molecule has 0 aromatic carbocycles. The van der Waals surface area contributed by atoms with Gasteiger partial charge in [0.15, 0.2) is 0 Å². The van der Waals surface area contributed by atoms with Crippen molar-refractivity contribution >= 4 is 23.1 Å². The van der Waals surface area contributed by atoms with Crippen molar-refractivity contribution in [2.45, 2.75) is 6.92 Å². The summed E-state index contributed by atoms with van der Waals surface area (Å²) in [6, 6.07) is 9.75. The number of pyridine rings is 2. The van der Waals surface area contributed by atoms with Crippen molar-refractivity contribution in [2.75, 3.05) is 31.1 Å². The molecule has 1 aliphatic heterocycles. The molecule has 0 atom stereocenters. The van der Waals surface area contributed by atoms with E-state index in [1.807, 2.05) is 42.2 Å². The molecular formula is C19H19N5OS. The third-order valence-electron chi connectivity index (χ3n) is 4.44. The van der Waals surface area contributed by atoms with E-state index in [4.69, 9.17) is 0 Å². The Morgan fingerprint density at radius 2 is 1.92 bits per heavy atom. The Morgan fingerprint density at radius 1 is 1.08 bits per heavy atom. The first kappa shape index (κ1) is 16.7. The normalized spacial score (nSPS) is 14.5. The number of rotatable bonds is 3. The van der Waals surface area contributed by atoms with Gasteiger partial charge >= 0.3 is 0 Å². The van der Waals surface area contributed by atoms with E-state index >= 15 is 0 Å². The first-order valence-electron chi connectivity index (χ1n) is 8.55. The summed E-state index contributed by atoms with van der Waals surface area (Å²) in [5.74, 6) is 1.03. The van der Waals surface area contributed by atoms with Gasteiger partial charge in [-0.25, -0.2) is 9.97 Å². The number of amides is 1. The van der Waals surface area contributed by atoms with Crippen LogP contribution in [-0.4, -0.2) is 51.9 Å². The lowest BCUT2D eigenvalue weighted by Gasteiger charge is -2.35. The number of carbonyl (C=O) groups is 1. The smallest absolute Gasteiger partial charge is 0.265 e. The zero-order chi connectivity index (χ0) is 17.9. The molecule has 1 fully saturated rings. The van der Waals surface area contributed by atoms with E-state index in [1.54, 1.807) is 18.6 Å². The van der Waals surface area contributed by atoms with Crippen LogP contribution in [0.4, 0.5) is 5.82 Å². The van der Waals surface area contributed by atoms with Crippen molar-refractivity contribution in [1.29, 1.82) is 0 Å². The third kappa shape index (κ3) is 3.30. The van der Waals surface area contributed by atoms with Crippen LogP contribution < -0.4 is 4.90 Å². The summed E-state index contributed by atoms with van der Waals surface area (Å²) < 4.78 is 0. The molecule has 0 N–H and O–H groups in total. The standard InChI is InChI=1S/C19H19N5OS/c1-14-17(26-18(22-14)15-5-4-7-20-13-15)19(25)24-11-9-23(10-12-24)16-6-2-3-8-21-16/h2-8,13H,9-12H2,1H3. The molecule has 0 radical (unpaired) electrons. The maximum atomic E-state index is 13.0. The maximum absolute atomic E-state index is 13.0. The fourth-order valence-corrected chi connectivity index (χ4v) is 4.05. The summed E-state index contributed by atoms with van der Waals surface area (Å²) in [5, 5.41) is 0.839. The lowest BCUT2D eigenvalue weighted by molar-refractivity contribution is 0.0750. The Hall–Kier alpha value is -2.80. The van der Waals surface area contributed by atoms with Gasteiger partial charge in [0.2, 0.25) is 0 Å². The minimum Gasteiger partial charge on any atom is -0.353 e. The summed E-state index contributed by atoms with van der Waals surface area (Å²) in [6.07, 6.45) is 5.31. The van der Waals surface area contributed by atoms with Gasteiger partial charge in [0, 0.05) is 50.3 Å². The molecule has 1 saturated heterocycles. The predicted molar refractivity (Wildman–Crippen MR) is 102 cm³/mol. The largest absolute Gasteiger partial charge is 0.353 e. The van der Waals surface area contributed by atoms with Crippen molar-refractivity contribution < 1.29 is 4.79 Å². The van der Waals surface area contributed by atoms with E-state index in [1.165, 1.54) is 11.3 Å². The Morgan fingerprint density at radius 3 is 2.62 bits per heavy atom. The van der Waals surface area contributed by atoms with Gasteiger partial charge in [0.1, 0.15) is 15.7 Å². The number of aromatic nitrogens is 3. The average Bonchev–Trinajstić information content (AvgIpc) is 3.10. The number of nitrogens with zero attached hydrogens (tertiary/aromatic N) is 5. The summed E-state index contributed by atoms with van der Waals surface area (Å²) in [4.78, 5) is 30.9. The number of hydrogen-bond donors (Lipinski definition) is 0. The highest BCUT2D eigenvalue weighted by atomic mass is 32.1. The topological polar surface area (TPSA) is 62.2 Å². The van der Waals surface area contributed by atoms with E-state index < -0.39 is 0 Å². The van der Waals surface area contributed by atoms with E-state index in [0.717, 1.165) is 40.0 Å². The highest BCUT2D eigenvalue weighted by Gasteiger charge is 2.26. The molecule has 0 unspecified atom stereocenters. The van der Waals surface area contributed by atoms with Crippen LogP contribution in [0.5, 0.6) is 0 Å². The van der Waals surface area contributed by atoms with Gasteiger partial charge in [0.05, 0.1) is 5.69 Å². The Kier molecular flexibility index (Phi) is 4.62. The van der Waals surface area contributed by atoms with Gasteiger partial charge in [-0.3, -0.25) is 9.78 Å². The van der Waals surface area contributed by atoms with E-state index in [-0.39, 0.29) is 5.91 Å². The first-order chi connectivity index (χ1) is 12.7. The molecule has 1 aliphatic rings. The van der Waals surface area contributed by atoms with Gasteiger partial charge in [-0.1, -0.05) is 6.07 Å². The quantitative estimate of drug-likeness (QED) is 0.714. The molecule has 0 bridgehead atoms. The van der Waals surface area contributed by atoms with Gasteiger partial charge in [-0.05, 0) is 31.2 Å². The van der Waals surface area contributed by atoms with Crippen molar-refractivity contribution in [3.63, 3.8) is 0 Å². The lowest BCUT2D eigenvalue weighted by atomic mass is 10.2. The molecule has 0 saturated carbocycles. The SMILES string of the molecule is Cc1nc(-c2cccnc2)sc1C(=O)N1CCN(c2ccccn2)CC1. The second-order valence-corrected chi connectivity index (χ2v) is 7.14. The van der Waals surface area contributed by atoms with Crippen molar-refractivity contribution in [1.82, 2.24) is 19.9 Å². The number of piperazine rings is 1. The molecule has 132 valence electrons. The molecule has 26 heavy (non-hydrogen) atoms. The first-order valence-corrected chi connectivity index (χ1v) is 9.37. The molecular weight excluding hydrogens is 346 g/mol. The fraction of sp³-hybridized carbons (Fsp3) is 0.263. The second-order valence-electron chi connectivity index (χ2n) is 6.14. The number of aryl methyl sites for hydroxylation is 1. The van der Waals surface area contributed by atoms with E-state index in [9.17, 15) is 4.79 Å². The lowest BCUT2D eigenvalue weighted by Crippen LogP contribution is -2.49. The summed E-state index contributed by atoms with van der Waals surface area (Å²) >= 11 is 1.44. The second kappa shape index (κ2) is 7.21. The van der Waals surface area contributed by atoms with Crippen molar-refractivity contribution in [2.24, 2.45) is 0 Å². The zero-order valence-corrected chi connectivity index (χ0v) is 15.3. The molecule has 0 spiro atoms. The van der Waals surface area contributed by atoms with Crippen LogP contribution in [-0.2, 0) is 0 Å². The van der Waals surface area contributed by atoms with Gasteiger partial charge in [-0.2, -0.15) is 0 Å². The van der Waals surface area contributed by atoms with E-state index in [2.05, 4.69) is 19.9 Å². The molecule has 1 amide bonds. The summed E-state index contributed by atoms with van der Waals surface area (Å²) in [7, 11) is 0. The van der Waals surface area contributed by atoms with Crippen LogP contribution in [0, 0.1) is 6.92 Å². The molecule has 3 aromatic heterocycles. The Labute approximate surface area is 156 Å². The number of thiazole rings is 1. The van der Waals surface area contributed by atoms with Gasteiger partial charge in [0.25, 0.3) is 5.91 Å². The van der Waals surface area contributed by atoms with Crippen molar-refractivity contribution in [3.8, 4) is 10.6 Å². The van der Waals surface area contributed by atoms with Crippen LogP contribution in [0.2, 0.25) is 0 Å². The number of carbonyl (C=O) groups excluding carboxylic acids is 1.